The van der Waals surface area contributed by atoms with Crippen LogP contribution in [0.1, 0.15) is 12.0 Å². The number of nitrogens with two attached hydrogens (primary N) is 1. The predicted molar refractivity (Wildman–Crippen MR) is 71.9 cm³/mol. The van der Waals surface area contributed by atoms with Gasteiger partial charge in [-0.05, 0) is 18.1 Å². The Morgan fingerprint density at radius 3 is 2.95 bits per heavy atom. The zero-order valence-corrected chi connectivity index (χ0v) is 10.3. The van der Waals surface area contributed by atoms with Crippen LogP contribution in [0.15, 0.2) is 17.2 Å². The number of anilines is 2. The Labute approximate surface area is 113 Å². The Hall–Kier alpha value is -2.95. The number of nitrogens with one attached hydrogen (secondary N) is 3. The quantitative estimate of drug-likeness (QED) is 0.371. The first-order chi connectivity index (χ1) is 9.51. The van der Waals surface area contributed by atoms with E-state index in [-0.39, 0.29) is 23.7 Å². The molecule has 7 nitrogen and oxygen atoms in total. The predicted octanol–water partition coefficient (Wildman–Crippen LogP) is 0.938. The molecule has 0 aromatic heterocycles. The molecule has 0 radical (unpaired) electrons. The highest BCUT2D eigenvalue weighted by Crippen LogP contribution is 2.29. The highest BCUT2D eigenvalue weighted by atomic mass is 19.1. The molecule has 1 aromatic carbocycles. The fourth-order valence-electron chi connectivity index (χ4n) is 1.78. The molecule has 0 saturated heterocycles. The van der Waals surface area contributed by atoms with Gasteiger partial charge in [0.2, 0.25) is 11.6 Å². The van der Waals surface area contributed by atoms with Gasteiger partial charge in [0.15, 0.2) is 5.84 Å². The van der Waals surface area contributed by atoms with E-state index in [4.69, 9.17) is 16.4 Å². The summed E-state index contributed by atoms with van der Waals surface area (Å²) in [6.45, 7) is 0. The SMILES string of the molecule is N#C/C(=N\Nc1cc(F)c2c(c1)CCC(=O)N2)C(=N)N. The van der Waals surface area contributed by atoms with Gasteiger partial charge in [0.25, 0.3) is 0 Å². The van der Waals surface area contributed by atoms with Crippen molar-refractivity contribution in [2.24, 2.45) is 10.8 Å². The van der Waals surface area contributed by atoms with Crippen LogP contribution in [0, 0.1) is 22.6 Å². The number of fused-ring (bicyclic) bond motifs is 1. The molecule has 0 aliphatic carbocycles. The van der Waals surface area contributed by atoms with E-state index in [2.05, 4.69) is 15.8 Å². The molecular formula is C12H11FN6O. The monoisotopic (exact) mass is 274 g/mol. The van der Waals surface area contributed by atoms with Crippen LogP contribution >= 0.6 is 0 Å². The van der Waals surface area contributed by atoms with Crippen molar-refractivity contribution in [1.82, 2.24) is 0 Å². The first-order valence-electron chi connectivity index (χ1n) is 5.71. The lowest BCUT2D eigenvalue weighted by Crippen LogP contribution is -2.22. The summed E-state index contributed by atoms with van der Waals surface area (Å²) in [6.07, 6.45) is 0.713. The number of aryl methyl sites for hydroxylation is 1. The van der Waals surface area contributed by atoms with Crippen molar-refractivity contribution < 1.29 is 9.18 Å². The van der Waals surface area contributed by atoms with Gasteiger partial charge in [0.1, 0.15) is 11.9 Å². The van der Waals surface area contributed by atoms with E-state index in [1.165, 1.54) is 0 Å². The van der Waals surface area contributed by atoms with E-state index in [1.807, 2.05) is 0 Å². The molecule has 0 unspecified atom stereocenters. The number of carbonyl (C=O) groups is 1. The van der Waals surface area contributed by atoms with Crippen molar-refractivity contribution in [2.45, 2.75) is 12.8 Å². The van der Waals surface area contributed by atoms with Crippen LogP contribution in [0.25, 0.3) is 0 Å². The Morgan fingerprint density at radius 1 is 1.55 bits per heavy atom. The smallest absolute Gasteiger partial charge is 0.224 e. The molecule has 102 valence electrons. The minimum atomic E-state index is -0.588. The first kappa shape index (κ1) is 13.5. The molecule has 1 amide bonds. The third kappa shape index (κ3) is 2.72. The average molecular weight is 274 g/mol. The summed E-state index contributed by atoms with van der Waals surface area (Å²) in [5.74, 6) is -1.29. The number of amides is 1. The minimum Gasteiger partial charge on any atom is -0.382 e. The second-order valence-electron chi connectivity index (χ2n) is 4.14. The Balaban J connectivity index is 2.28. The average Bonchev–Trinajstić information content (AvgIpc) is 2.40. The molecule has 0 fully saturated rings. The molecule has 0 atom stereocenters. The van der Waals surface area contributed by atoms with Crippen LogP contribution in [0.5, 0.6) is 0 Å². The maximum absolute atomic E-state index is 13.8. The molecule has 1 aliphatic rings. The highest BCUT2D eigenvalue weighted by Gasteiger charge is 2.19. The van der Waals surface area contributed by atoms with E-state index < -0.39 is 11.7 Å². The summed E-state index contributed by atoms with van der Waals surface area (Å²) in [5.41, 5.74) is 8.43. The molecule has 1 heterocycles. The number of hydrogen-bond donors (Lipinski definition) is 4. The van der Waals surface area contributed by atoms with Crippen molar-refractivity contribution in [2.75, 3.05) is 10.7 Å². The summed E-state index contributed by atoms with van der Waals surface area (Å²) in [4.78, 5) is 11.2. The molecule has 2 rings (SSSR count). The summed E-state index contributed by atoms with van der Waals surface area (Å²) >= 11 is 0. The Bertz CT molecular complexity index is 661. The van der Waals surface area contributed by atoms with Crippen molar-refractivity contribution in [3.63, 3.8) is 0 Å². The zero-order chi connectivity index (χ0) is 14.7. The number of carbonyl (C=O) groups excluding carboxylic acids is 1. The molecule has 0 spiro atoms. The molecule has 1 aliphatic heterocycles. The van der Waals surface area contributed by atoms with Gasteiger partial charge in [-0.1, -0.05) is 0 Å². The van der Waals surface area contributed by atoms with Crippen molar-refractivity contribution >= 4 is 28.8 Å². The lowest BCUT2D eigenvalue weighted by Gasteiger charge is -2.18. The third-order valence-corrected chi connectivity index (χ3v) is 2.72. The lowest BCUT2D eigenvalue weighted by atomic mass is 10.0. The van der Waals surface area contributed by atoms with Gasteiger partial charge in [0.05, 0.1) is 11.4 Å². The summed E-state index contributed by atoms with van der Waals surface area (Å²) in [5, 5.41) is 21.9. The van der Waals surface area contributed by atoms with E-state index in [0.717, 1.165) is 6.07 Å². The summed E-state index contributed by atoms with van der Waals surface area (Å²) in [7, 11) is 0. The van der Waals surface area contributed by atoms with Crippen molar-refractivity contribution in [1.29, 1.82) is 10.7 Å². The number of amidine groups is 1. The molecular weight excluding hydrogens is 263 g/mol. The standard InChI is InChI=1S/C12H11FN6O/c13-8-4-7(18-19-9(5-14)12(15)16)3-6-1-2-10(20)17-11(6)8/h3-4,18H,1-2H2,(H3,15,16)(H,17,20)/b19-9+. The molecule has 0 saturated carbocycles. The second kappa shape index (κ2) is 5.36. The minimum absolute atomic E-state index is 0.169. The van der Waals surface area contributed by atoms with E-state index in [0.29, 0.717) is 17.7 Å². The van der Waals surface area contributed by atoms with E-state index in [9.17, 15) is 9.18 Å². The number of hydrogen-bond acceptors (Lipinski definition) is 5. The highest BCUT2D eigenvalue weighted by molar-refractivity contribution is 6.45. The number of benzene rings is 1. The van der Waals surface area contributed by atoms with E-state index in [1.54, 1.807) is 12.1 Å². The van der Waals surface area contributed by atoms with Crippen LogP contribution in [-0.2, 0) is 11.2 Å². The molecule has 8 heteroatoms. The van der Waals surface area contributed by atoms with Gasteiger partial charge in [-0.15, -0.1) is 0 Å². The van der Waals surface area contributed by atoms with Crippen LogP contribution < -0.4 is 16.5 Å². The first-order valence-corrected chi connectivity index (χ1v) is 5.71. The van der Waals surface area contributed by atoms with Gasteiger partial charge in [0, 0.05) is 12.5 Å². The number of nitrogens with zero attached hydrogens (tertiary/aromatic N) is 2. The normalized spacial score (nSPS) is 14.0. The van der Waals surface area contributed by atoms with Crippen molar-refractivity contribution in [3.8, 4) is 6.07 Å². The number of rotatable bonds is 3. The zero-order valence-electron chi connectivity index (χ0n) is 10.3. The van der Waals surface area contributed by atoms with E-state index >= 15 is 0 Å². The molecule has 1 aromatic rings. The van der Waals surface area contributed by atoms with Gasteiger partial charge >= 0.3 is 0 Å². The van der Waals surface area contributed by atoms with Crippen molar-refractivity contribution in [3.05, 3.63) is 23.5 Å². The number of nitriles is 1. The lowest BCUT2D eigenvalue weighted by molar-refractivity contribution is -0.116. The van der Waals surface area contributed by atoms with Gasteiger partial charge in [-0.3, -0.25) is 15.6 Å². The largest absolute Gasteiger partial charge is 0.382 e. The Kier molecular flexibility index (Phi) is 3.61. The van der Waals surface area contributed by atoms with Crippen LogP contribution in [0.4, 0.5) is 15.8 Å². The fourth-order valence-corrected chi connectivity index (χ4v) is 1.78. The van der Waals surface area contributed by atoms with Crippen LogP contribution in [0.2, 0.25) is 0 Å². The molecule has 5 N–H and O–H groups in total. The van der Waals surface area contributed by atoms with Crippen LogP contribution in [0.3, 0.4) is 0 Å². The molecule has 20 heavy (non-hydrogen) atoms. The van der Waals surface area contributed by atoms with Gasteiger partial charge in [-0.2, -0.15) is 10.4 Å². The molecule has 0 bridgehead atoms. The third-order valence-electron chi connectivity index (χ3n) is 2.72. The Morgan fingerprint density at radius 2 is 2.30 bits per heavy atom. The fraction of sp³-hybridized carbons (Fsp3) is 0.167. The maximum atomic E-state index is 13.8. The summed E-state index contributed by atoms with van der Waals surface area (Å²) < 4.78 is 13.8. The van der Waals surface area contributed by atoms with Gasteiger partial charge in [-0.25, -0.2) is 4.39 Å². The van der Waals surface area contributed by atoms with Gasteiger partial charge < -0.3 is 11.1 Å². The number of halogens is 1. The number of hydrazone groups is 1. The summed E-state index contributed by atoms with van der Waals surface area (Å²) in [6, 6.07) is 4.41. The maximum Gasteiger partial charge on any atom is 0.224 e. The van der Waals surface area contributed by atoms with Crippen LogP contribution in [-0.4, -0.2) is 17.5 Å². The second-order valence-corrected chi connectivity index (χ2v) is 4.14. The topological polar surface area (TPSA) is 127 Å².